The molecule has 23 heavy (non-hydrogen) atoms. The summed E-state index contributed by atoms with van der Waals surface area (Å²) >= 11 is 6.09. The number of aliphatic imine (C=N–C) groups is 1. The number of guanidine groups is 1. The van der Waals surface area contributed by atoms with E-state index in [9.17, 15) is 4.79 Å². The van der Waals surface area contributed by atoms with Gasteiger partial charge in [0.2, 0.25) is 5.91 Å². The molecule has 0 saturated heterocycles. The van der Waals surface area contributed by atoms with Crippen LogP contribution in [0.1, 0.15) is 12.5 Å². The van der Waals surface area contributed by atoms with Crippen molar-refractivity contribution >= 4 is 47.4 Å². The first-order valence-electron chi connectivity index (χ1n) is 7.02. The van der Waals surface area contributed by atoms with E-state index in [-0.39, 0.29) is 36.4 Å². The van der Waals surface area contributed by atoms with Gasteiger partial charge in [-0.05, 0) is 24.6 Å². The molecule has 0 spiro atoms. The number of rotatable bonds is 6. The second-order valence-electron chi connectivity index (χ2n) is 4.81. The first-order valence-corrected chi connectivity index (χ1v) is 7.40. The second-order valence-corrected chi connectivity index (χ2v) is 5.21. The average molecular weight is 455 g/mol. The first kappa shape index (κ1) is 21.8. The van der Waals surface area contributed by atoms with Gasteiger partial charge in [0.25, 0.3) is 0 Å². The van der Waals surface area contributed by atoms with Crippen molar-refractivity contribution in [3.05, 3.63) is 28.8 Å². The Morgan fingerprint density at radius 1 is 1.35 bits per heavy atom. The van der Waals surface area contributed by atoms with E-state index in [2.05, 4.69) is 15.6 Å². The Kier molecular flexibility index (Phi) is 10.7. The van der Waals surface area contributed by atoms with Crippen molar-refractivity contribution in [3.63, 3.8) is 0 Å². The van der Waals surface area contributed by atoms with E-state index in [4.69, 9.17) is 16.3 Å². The summed E-state index contributed by atoms with van der Waals surface area (Å²) in [5, 5.41) is 6.65. The van der Waals surface area contributed by atoms with E-state index in [1.165, 1.54) is 4.90 Å². The maximum Gasteiger partial charge on any atom is 0.241 e. The molecule has 8 heteroatoms. The molecule has 0 aliphatic carbocycles. The van der Waals surface area contributed by atoms with Gasteiger partial charge in [0.05, 0.1) is 25.2 Å². The number of benzene rings is 1. The number of likely N-dealkylation sites (N-methyl/N-ethyl adjacent to an activating group) is 1. The molecular weight excluding hydrogens is 431 g/mol. The van der Waals surface area contributed by atoms with Gasteiger partial charge < -0.3 is 20.3 Å². The molecule has 130 valence electrons. The number of nitrogens with zero attached hydrogens (tertiary/aromatic N) is 2. The summed E-state index contributed by atoms with van der Waals surface area (Å²) < 4.78 is 5.12. The van der Waals surface area contributed by atoms with E-state index in [1.54, 1.807) is 21.2 Å². The minimum Gasteiger partial charge on any atom is -0.495 e. The fourth-order valence-electron chi connectivity index (χ4n) is 1.64. The highest BCUT2D eigenvalue weighted by molar-refractivity contribution is 14.0. The molecule has 1 aromatic carbocycles. The van der Waals surface area contributed by atoms with Gasteiger partial charge in [-0.3, -0.25) is 4.79 Å². The Hall–Kier alpha value is -1.22. The summed E-state index contributed by atoms with van der Waals surface area (Å²) in [5.41, 5.74) is 0.960. The minimum atomic E-state index is -0.0157. The molecule has 0 fully saturated rings. The Bertz CT molecular complexity index is 538. The number of ether oxygens (including phenoxy) is 1. The molecule has 6 nitrogen and oxygen atoms in total. The van der Waals surface area contributed by atoms with Crippen LogP contribution in [0.4, 0.5) is 0 Å². The smallest absolute Gasteiger partial charge is 0.241 e. The van der Waals surface area contributed by atoms with Gasteiger partial charge in [-0.15, -0.1) is 24.0 Å². The van der Waals surface area contributed by atoms with E-state index < -0.39 is 0 Å². The molecule has 0 saturated carbocycles. The highest BCUT2D eigenvalue weighted by Gasteiger charge is 2.06. The average Bonchev–Trinajstić information content (AvgIpc) is 2.49. The third-order valence-corrected chi connectivity index (χ3v) is 3.18. The summed E-state index contributed by atoms with van der Waals surface area (Å²) in [5.74, 6) is 1.21. The van der Waals surface area contributed by atoms with Crippen LogP contribution in [0.5, 0.6) is 5.75 Å². The SMILES string of the molecule is CCNC(=NCc1ccc(OC)c(Cl)c1)NCC(=O)N(C)C.I. The molecule has 1 amide bonds. The predicted molar refractivity (Wildman–Crippen MR) is 105 cm³/mol. The molecule has 0 bridgehead atoms. The predicted octanol–water partition coefficient (Wildman–Crippen LogP) is 2.11. The van der Waals surface area contributed by atoms with Gasteiger partial charge in [-0.2, -0.15) is 0 Å². The number of nitrogens with one attached hydrogen (secondary N) is 2. The maximum atomic E-state index is 11.6. The number of halogens is 2. The van der Waals surface area contributed by atoms with Gasteiger partial charge >= 0.3 is 0 Å². The van der Waals surface area contributed by atoms with Crippen LogP contribution in [0.3, 0.4) is 0 Å². The van der Waals surface area contributed by atoms with Gasteiger partial charge in [-0.25, -0.2) is 4.99 Å². The van der Waals surface area contributed by atoms with Crippen molar-refractivity contribution in [2.45, 2.75) is 13.5 Å². The van der Waals surface area contributed by atoms with Crippen LogP contribution in [0.25, 0.3) is 0 Å². The topological polar surface area (TPSA) is 66.0 Å². The Morgan fingerprint density at radius 2 is 2.04 bits per heavy atom. The lowest BCUT2D eigenvalue weighted by molar-refractivity contribution is -0.127. The summed E-state index contributed by atoms with van der Waals surface area (Å²) in [4.78, 5) is 17.6. The zero-order valence-corrected chi connectivity index (χ0v) is 16.9. The van der Waals surface area contributed by atoms with E-state index >= 15 is 0 Å². The molecule has 2 N–H and O–H groups in total. The minimum absolute atomic E-state index is 0. The molecule has 1 rings (SSSR count). The van der Waals surface area contributed by atoms with Crippen LogP contribution >= 0.6 is 35.6 Å². The zero-order chi connectivity index (χ0) is 16.5. The zero-order valence-electron chi connectivity index (χ0n) is 13.9. The molecule has 1 aromatic rings. The van der Waals surface area contributed by atoms with Crippen molar-refractivity contribution in [2.75, 3.05) is 34.3 Å². The first-order chi connectivity index (χ1) is 10.5. The van der Waals surface area contributed by atoms with Crippen molar-refractivity contribution in [3.8, 4) is 5.75 Å². The van der Waals surface area contributed by atoms with Gasteiger partial charge in [0.1, 0.15) is 5.75 Å². The number of carbonyl (C=O) groups excluding carboxylic acids is 1. The largest absolute Gasteiger partial charge is 0.495 e. The van der Waals surface area contributed by atoms with E-state index in [0.29, 0.717) is 29.8 Å². The lowest BCUT2D eigenvalue weighted by atomic mass is 10.2. The number of amides is 1. The molecule has 0 heterocycles. The second kappa shape index (κ2) is 11.3. The number of hydrogen-bond donors (Lipinski definition) is 2. The van der Waals surface area contributed by atoms with Gasteiger partial charge in [0, 0.05) is 20.6 Å². The fraction of sp³-hybridized carbons (Fsp3) is 0.467. The Balaban J connectivity index is 0.00000484. The molecule has 0 radical (unpaired) electrons. The third kappa shape index (κ3) is 7.74. The van der Waals surface area contributed by atoms with Crippen molar-refractivity contribution in [1.29, 1.82) is 0 Å². The molecule has 0 atom stereocenters. The molecule has 0 aliphatic rings. The van der Waals surface area contributed by atoms with Gasteiger partial charge in [-0.1, -0.05) is 17.7 Å². The summed E-state index contributed by atoms with van der Waals surface area (Å²) in [6.07, 6.45) is 0. The van der Waals surface area contributed by atoms with Crippen LogP contribution in [-0.4, -0.2) is 51.1 Å². The monoisotopic (exact) mass is 454 g/mol. The normalized spacial score (nSPS) is 10.6. The van der Waals surface area contributed by atoms with Crippen LogP contribution in [-0.2, 0) is 11.3 Å². The van der Waals surface area contributed by atoms with Crippen LogP contribution in [0.15, 0.2) is 23.2 Å². The van der Waals surface area contributed by atoms with Crippen LogP contribution in [0, 0.1) is 0 Å². The highest BCUT2D eigenvalue weighted by Crippen LogP contribution is 2.25. The number of carbonyl (C=O) groups is 1. The fourth-order valence-corrected chi connectivity index (χ4v) is 1.92. The van der Waals surface area contributed by atoms with Crippen LogP contribution in [0.2, 0.25) is 5.02 Å². The van der Waals surface area contributed by atoms with E-state index in [0.717, 1.165) is 5.56 Å². The highest BCUT2D eigenvalue weighted by atomic mass is 127. The standard InChI is InChI=1S/C15H23ClN4O2.HI/c1-5-17-15(19-10-14(21)20(2)3)18-9-11-6-7-13(22-4)12(16)8-11;/h6-8H,5,9-10H2,1-4H3,(H2,17,18,19);1H. The molecular formula is C15H24ClIN4O2. The van der Waals surface area contributed by atoms with Crippen molar-refractivity contribution in [2.24, 2.45) is 4.99 Å². The summed E-state index contributed by atoms with van der Waals surface area (Å²) in [7, 11) is 5.01. The lowest BCUT2D eigenvalue weighted by Crippen LogP contribution is -2.42. The van der Waals surface area contributed by atoms with Crippen molar-refractivity contribution in [1.82, 2.24) is 15.5 Å². The Morgan fingerprint density at radius 3 is 2.57 bits per heavy atom. The lowest BCUT2D eigenvalue weighted by Gasteiger charge is -2.14. The van der Waals surface area contributed by atoms with Gasteiger partial charge in [0.15, 0.2) is 5.96 Å². The number of hydrogen-bond acceptors (Lipinski definition) is 3. The van der Waals surface area contributed by atoms with E-state index in [1.807, 2.05) is 25.1 Å². The van der Waals surface area contributed by atoms with Crippen LogP contribution < -0.4 is 15.4 Å². The third-order valence-electron chi connectivity index (χ3n) is 2.89. The molecule has 0 unspecified atom stereocenters. The van der Waals surface area contributed by atoms with Crippen molar-refractivity contribution < 1.29 is 9.53 Å². The maximum absolute atomic E-state index is 11.6. The number of methoxy groups -OCH3 is 1. The quantitative estimate of drug-likeness (QED) is 0.393. The molecule has 0 aromatic heterocycles. The summed E-state index contributed by atoms with van der Waals surface area (Å²) in [6.45, 7) is 3.33. The Labute approximate surface area is 159 Å². The summed E-state index contributed by atoms with van der Waals surface area (Å²) in [6, 6.07) is 5.53. The molecule has 0 aliphatic heterocycles.